The van der Waals surface area contributed by atoms with Gasteiger partial charge in [-0.3, -0.25) is 0 Å². The van der Waals surface area contributed by atoms with E-state index in [1.807, 2.05) is 36.4 Å². The first-order chi connectivity index (χ1) is 9.27. The van der Waals surface area contributed by atoms with E-state index in [9.17, 15) is 0 Å². The van der Waals surface area contributed by atoms with E-state index in [1.165, 1.54) is 16.7 Å². The molecule has 3 N–H and O–H groups in total. The molecule has 0 saturated heterocycles. The molecule has 0 bridgehead atoms. The summed E-state index contributed by atoms with van der Waals surface area (Å²) in [6, 6.07) is 20.6. The van der Waals surface area contributed by atoms with Crippen LogP contribution in [0.3, 0.4) is 0 Å². The van der Waals surface area contributed by atoms with Crippen LogP contribution in [0.1, 0.15) is 11.1 Å². The van der Waals surface area contributed by atoms with Crippen LogP contribution in [-0.4, -0.2) is 11.7 Å². The van der Waals surface area contributed by atoms with Crippen molar-refractivity contribution in [2.24, 2.45) is 5.73 Å². The summed E-state index contributed by atoms with van der Waals surface area (Å²) in [4.78, 5) is 0. The third-order valence-electron chi connectivity index (χ3n) is 2.75. The average molecular weight is 268 g/mol. The molecule has 19 heavy (non-hydrogen) atoms. The molecule has 0 aliphatic rings. The maximum absolute atomic E-state index is 5.45. The summed E-state index contributed by atoms with van der Waals surface area (Å²) in [5.74, 6) is 0. The van der Waals surface area contributed by atoms with Crippen molar-refractivity contribution in [1.82, 2.24) is 5.32 Å². The third kappa shape index (κ3) is 3.93. The van der Waals surface area contributed by atoms with Crippen molar-refractivity contribution in [3.05, 3.63) is 77.9 Å². The lowest BCUT2D eigenvalue weighted by Gasteiger charge is -2.09. The summed E-state index contributed by atoms with van der Waals surface area (Å²) in [6.07, 6.45) is 2.10. The Kier molecular flexibility index (Phi) is 4.70. The Morgan fingerprint density at radius 2 is 1.42 bits per heavy atom. The van der Waals surface area contributed by atoms with E-state index in [2.05, 4.69) is 35.7 Å². The molecule has 0 heterocycles. The summed E-state index contributed by atoms with van der Waals surface area (Å²) in [6.45, 7) is 0.619. The van der Waals surface area contributed by atoms with Crippen LogP contribution in [-0.2, 0) is 0 Å². The van der Waals surface area contributed by atoms with Crippen LogP contribution in [0.4, 0.5) is 0 Å². The lowest BCUT2D eigenvalue weighted by Crippen LogP contribution is -2.29. The molecule has 0 aromatic heterocycles. The molecule has 96 valence electrons. The van der Waals surface area contributed by atoms with Crippen molar-refractivity contribution in [1.29, 1.82) is 0 Å². The molecule has 0 spiro atoms. The van der Waals surface area contributed by atoms with E-state index < -0.39 is 0 Å². The van der Waals surface area contributed by atoms with Gasteiger partial charge in [0.25, 0.3) is 0 Å². The van der Waals surface area contributed by atoms with Crippen LogP contribution in [0.2, 0.25) is 0 Å². The molecule has 2 nitrogen and oxygen atoms in total. The lowest BCUT2D eigenvalue weighted by atomic mass is 9.98. The first kappa shape index (κ1) is 13.3. The van der Waals surface area contributed by atoms with E-state index in [1.54, 1.807) is 0 Å². The number of benzene rings is 2. The van der Waals surface area contributed by atoms with E-state index in [0.717, 1.165) is 0 Å². The molecule has 0 unspecified atom stereocenters. The molecule has 0 atom stereocenters. The zero-order valence-corrected chi connectivity index (χ0v) is 11.4. The zero-order chi connectivity index (χ0) is 13.5. The van der Waals surface area contributed by atoms with Crippen LogP contribution in [0, 0.1) is 0 Å². The Bertz CT molecular complexity index is 520. The topological polar surface area (TPSA) is 38.0 Å². The van der Waals surface area contributed by atoms with E-state index in [4.69, 9.17) is 18.0 Å². The summed E-state index contributed by atoms with van der Waals surface area (Å²) >= 11 is 4.82. The molecule has 0 aliphatic heterocycles. The third-order valence-corrected chi connectivity index (χ3v) is 2.90. The maximum Gasteiger partial charge on any atom is 0.163 e. The molecule has 0 saturated carbocycles. The molecular weight excluding hydrogens is 252 g/mol. The van der Waals surface area contributed by atoms with E-state index in [-0.39, 0.29) is 0 Å². The van der Waals surface area contributed by atoms with Crippen LogP contribution in [0.5, 0.6) is 0 Å². The first-order valence-electron chi connectivity index (χ1n) is 6.11. The fraction of sp³-hybridized carbons (Fsp3) is 0.0625. The molecule has 3 heteroatoms. The Labute approximate surface area is 119 Å². The van der Waals surface area contributed by atoms with Crippen molar-refractivity contribution in [2.45, 2.75) is 0 Å². The quantitative estimate of drug-likeness (QED) is 0.837. The second-order valence-electron chi connectivity index (χ2n) is 4.10. The molecule has 0 amide bonds. The standard InChI is InChI=1S/C16H16N2S/c17-16(19)18-12-11-15(13-7-3-1-4-8-13)14-9-5-2-6-10-14/h1-11H,12H2,(H3,17,18,19). The highest BCUT2D eigenvalue weighted by molar-refractivity contribution is 7.80. The van der Waals surface area contributed by atoms with Gasteiger partial charge in [-0.2, -0.15) is 0 Å². The predicted molar refractivity (Wildman–Crippen MR) is 84.8 cm³/mol. The van der Waals surface area contributed by atoms with Gasteiger partial charge >= 0.3 is 0 Å². The minimum absolute atomic E-state index is 0.316. The van der Waals surface area contributed by atoms with E-state index in [0.29, 0.717) is 11.7 Å². The van der Waals surface area contributed by atoms with Gasteiger partial charge in [0.1, 0.15) is 0 Å². The van der Waals surface area contributed by atoms with Crippen LogP contribution in [0.15, 0.2) is 66.7 Å². The highest BCUT2D eigenvalue weighted by atomic mass is 32.1. The molecule has 0 fully saturated rings. The van der Waals surface area contributed by atoms with Crippen molar-refractivity contribution in [3.63, 3.8) is 0 Å². The van der Waals surface area contributed by atoms with Gasteiger partial charge in [-0.05, 0) is 28.9 Å². The molecule has 0 radical (unpaired) electrons. The highest BCUT2D eigenvalue weighted by Gasteiger charge is 2.03. The van der Waals surface area contributed by atoms with Gasteiger partial charge in [-0.25, -0.2) is 0 Å². The minimum Gasteiger partial charge on any atom is -0.376 e. The number of thiocarbonyl (C=S) groups is 1. The van der Waals surface area contributed by atoms with Crippen molar-refractivity contribution in [2.75, 3.05) is 6.54 Å². The SMILES string of the molecule is NC(=S)NCC=C(c1ccccc1)c1ccccc1. The summed E-state index contributed by atoms with van der Waals surface area (Å²) in [5.41, 5.74) is 8.98. The van der Waals surface area contributed by atoms with Crippen molar-refractivity contribution < 1.29 is 0 Å². The monoisotopic (exact) mass is 268 g/mol. The van der Waals surface area contributed by atoms with Gasteiger partial charge in [0.05, 0.1) is 0 Å². The van der Waals surface area contributed by atoms with Crippen molar-refractivity contribution >= 4 is 22.9 Å². The fourth-order valence-electron chi connectivity index (χ4n) is 1.89. The Balaban J connectivity index is 2.31. The van der Waals surface area contributed by atoms with Gasteiger partial charge < -0.3 is 11.1 Å². The molecule has 2 aromatic rings. The van der Waals surface area contributed by atoms with Gasteiger partial charge in [-0.15, -0.1) is 0 Å². The summed E-state index contributed by atoms with van der Waals surface area (Å²) in [5, 5.41) is 3.26. The number of nitrogens with two attached hydrogens (primary N) is 1. The molecule has 2 aromatic carbocycles. The first-order valence-corrected chi connectivity index (χ1v) is 6.52. The number of hydrogen-bond donors (Lipinski definition) is 2. The van der Waals surface area contributed by atoms with Crippen LogP contribution in [0.25, 0.3) is 5.57 Å². The largest absolute Gasteiger partial charge is 0.376 e. The van der Waals surface area contributed by atoms with Gasteiger partial charge in [0.15, 0.2) is 5.11 Å². The Morgan fingerprint density at radius 1 is 0.947 bits per heavy atom. The molecular formula is C16H16N2S. The number of rotatable bonds is 4. The normalized spacial score (nSPS) is 9.68. The minimum atomic E-state index is 0.316. The maximum atomic E-state index is 5.45. The van der Waals surface area contributed by atoms with Gasteiger partial charge in [-0.1, -0.05) is 66.7 Å². The summed E-state index contributed by atoms with van der Waals surface area (Å²) < 4.78 is 0. The Hall–Kier alpha value is -2.13. The predicted octanol–water partition coefficient (Wildman–Crippen LogP) is 2.95. The van der Waals surface area contributed by atoms with Crippen molar-refractivity contribution in [3.8, 4) is 0 Å². The number of hydrogen-bond acceptors (Lipinski definition) is 1. The Morgan fingerprint density at radius 3 is 1.84 bits per heavy atom. The second-order valence-corrected chi connectivity index (χ2v) is 4.53. The summed E-state index contributed by atoms with van der Waals surface area (Å²) in [7, 11) is 0. The highest BCUT2D eigenvalue weighted by Crippen LogP contribution is 2.22. The van der Waals surface area contributed by atoms with E-state index >= 15 is 0 Å². The molecule has 0 aliphatic carbocycles. The lowest BCUT2D eigenvalue weighted by molar-refractivity contribution is 1.05. The van der Waals surface area contributed by atoms with Gasteiger partial charge in [0, 0.05) is 6.54 Å². The number of nitrogens with one attached hydrogen (secondary N) is 1. The second kappa shape index (κ2) is 6.71. The average Bonchev–Trinajstić information content (AvgIpc) is 2.45. The van der Waals surface area contributed by atoms with Gasteiger partial charge in [0.2, 0.25) is 0 Å². The fourth-order valence-corrected chi connectivity index (χ4v) is 1.97. The molecule has 2 rings (SSSR count). The van der Waals surface area contributed by atoms with Crippen LogP contribution < -0.4 is 11.1 Å². The smallest absolute Gasteiger partial charge is 0.163 e. The van der Waals surface area contributed by atoms with Crippen LogP contribution >= 0.6 is 12.2 Å². The zero-order valence-electron chi connectivity index (χ0n) is 10.5.